The van der Waals surface area contributed by atoms with E-state index in [-0.39, 0.29) is 24.5 Å². The number of carbonyl (C=O) groups excluding carboxylic acids is 2. The second-order valence-electron chi connectivity index (χ2n) is 10.5. The monoisotopic (exact) mass is 541 g/mol. The van der Waals surface area contributed by atoms with Crippen molar-refractivity contribution < 1.29 is 27.8 Å². The lowest BCUT2D eigenvalue weighted by molar-refractivity contribution is -0.126. The molecule has 9 nitrogen and oxygen atoms in total. The van der Waals surface area contributed by atoms with Crippen LogP contribution in [0.4, 0.5) is 8.78 Å². The summed E-state index contributed by atoms with van der Waals surface area (Å²) in [5.41, 5.74) is 2.60. The number of halogens is 2. The van der Waals surface area contributed by atoms with Crippen molar-refractivity contribution in [1.82, 2.24) is 25.6 Å². The van der Waals surface area contributed by atoms with E-state index in [0.29, 0.717) is 64.7 Å². The smallest absolute Gasteiger partial charge is 0.255 e. The van der Waals surface area contributed by atoms with E-state index in [1.54, 1.807) is 26.0 Å². The highest BCUT2D eigenvalue weighted by molar-refractivity contribution is 6.09. The van der Waals surface area contributed by atoms with Gasteiger partial charge in [-0.15, -0.1) is 0 Å². The molecule has 0 unspecified atom stereocenters. The second-order valence-corrected chi connectivity index (χ2v) is 10.5. The molecule has 2 aromatic heterocycles. The molecule has 2 saturated carbocycles. The van der Waals surface area contributed by atoms with Gasteiger partial charge in [0.1, 0.15) is 41.9 Å². The first kappa shape index (κ1) is 27.0. The Morgan fingerprint density at radius 3 is 2.64 bits per heavy atom. The molecule has 3 atom stereocenters. The van der Waals surface area contributed by atoms with Crippen LogP contribution in [-0.2, 0) is 9.53 Å². The van der Waals surface area contributed by atoms with Crippen molar-refractivity contribution in [3.05, 3.63) is 41.1 Å². The zero-order valence-corrected chi connectivity index (χ0v) is 22.3. The van der Waals surface area contributed by atoms with E-state index in [4.69, 9.17) is 9.47 Å². The number of aromatic nitrogens is 3. The summed E-state index contributed by atoms with van der Waals surface area (Å²) in [7, 11) is 1.40. The number of nitrogens with zero attached hydrogens (tertiary/aromatic N) is 2. The molecule has 2 aliphatic carbocycles. The molecule has 0 aliphatic heterocycles. The van der Waals surface area contributed by atoms with Gasteiger partial charge >= 0.3 is 0 Å². The first-order chi connectivity index (χ1) is 18.8. The predicted octanol–water partition coefficient (Wildman–Crippen LogP) is 3.92. The van der Waals surface area contributed by atoms with Gasteiger partial charge in [0.15, 0.2) is 0 Å². The standard InChI is InChI=1S/C28H33F2N5O4/c1-14-4-9-20(39-11-16-5-6-16)23(24(14)30)26-27-25(31-13-32-26)22(15(2)33-27)28(37)34-17-7-8-19(18(29)10-17)35-21(36)12-38-3/h4,9,13,16-19,33H,5-8,10-12H2,1-3H3,(H,34,37)(H,35,36)/t17-,18+,19-/m0/s1. The molecule has 2 aliphatic rings. The second kappa shape index (κ2) is 11.3. The van der Waals surface area contributed by atoms with Gasteiger partial charge in [-0.1, -0.05) is 6.07 Å². The van der Waals surface area contributed by atoms with Gasteiger partial charge in [0.25, 0.3) is 5.91 Å². The number of ether oxygens (including phenoxy) is 2. The van der Waals surface area contributed by atoms with Crippen molar-refractivity contribution in [2.24, 2.45) is 5.92 Å². The number of methoxy groups -OCH3 is 1. The van der Waals surface area contributed by atoms with Crippen molar-refractivity contribution in [2.45, 2.75) is 64.2 Å². The fourth-order valence-electron chi connectivity index (χ4n) is 5.13. The van der Waals surface area contributed by atoms with E-state index in [1.165, 1.54) is 13.4 Å². The molecule has 1 aromatic carbocycles. The molecular formula is C28H33F2N5O4. The van der Waals surface area contributed by atoms with Gasteiger partial charge in [0.05, 0.1) is 29.3 Å². The molecule has 2 amide bonds. The van der Waals surface area contributed by atoms with Crippen molar-refractivity contribution in [2.75, 3.05) is 20.3 Å². The lowest BCUT2D eigenvalue weighted by Crippen LogP contribution is -2.50. The van der Waals surface area contributed by atoms with Crippen LogP contribution in [0.25, 0.3) is 22.3 Å². The van der Waals surface area contributed by atoms with Gasteiger partial charge in [-0.05, 0) is 57.1 Å². The largest absolute Gasteiger partial charge is 0.492 e. The molecule has 3 N–H and O–H groups in total. The molecule has 2 heterocycles. The Morgan fingerprint density at radius 1 is 1.13 bits per heavy atom. The highest BCUT2D eigenvalue weighted by atomic mass is 19.1. The lowest BCUT2D eigenvalue weighted by Gasteiger charge is -2.32. The first-order valence-corrected chi connectivity index (χ1v) is 13.3. The average Bonchev–Trinajstić information content (AvgIpc) is 3.66. The number of amides is 2. The van der Waals surface area contributed by atoms with Crippen LogP contribution >= 0.6 is 0 Å². The molecule has 208 valence electrons. The summed E-state index contributed by atoms with van der Waals surface area (Å²) in [6, 6.07) is 2.39. The van der Waals surface area contributed by atoms with Crippen LogP contribution < -0.4 is 15.4 Å². The van der Waals surface area contributed by atoms with Crippen LogP contribution in [0.5, 0.6) is 5.75 Å². The van der Waals surface area contributed by atoms with Crippen LogP contribution in [0, 0.1) is 25.6 Å². The predicted molar refractivity (Wildman–Crippen MR) is 141 cm³/mol. The minimum atomic E-state index is -1.30. The van der Waals surface area contributed by atoms with E-state index in [0.717, 1.165) is 12.8 Å². The normalized spacial score (nSPS) is 21.1. The molecule has 11 heteroatoms. The van der Waals surface area contributed by atoms with E-state index in [2.05, 4.69) is 25.6 Å². The molecule has 0 spiro atoms. The number of alkyl halides is 1. The molecule has 39 heavy (non-hydrogen) atoms. The summed E-state index contributed by atoms with van der Waals surface area (Å²) >= 11 is 0. The van der Waals surface area contributed by atoms with E-state index in [9.17, 15) is 14.0 Å². The Bertz CT molecular complexity index is 1390. The number of nitrogens with one attached hydrogen (secondary N) is 3. The van der Waals surface area contributed by atoms with E-state index < -0.39 is 30.0 Å². The summed E-state index contributed by atoms with van der Waals surface area (Å²) in [6.45, 7) is 3.79. The molecular weight excluding hydrogens is 508 g/mol. The Balaban J connectivity index is 1.38. The van der Waals surface area contributed by atoms with Gasteiger partial charge in [-0.2, -0.15) is 0 Å². The number of hydrogen-bond acceptors (Lipinski definition) is 6. The van der Waals surface area contributed by atoms with Gasteiger partial charge in [0.2, 0.25) is 5.91 Å². The Morgan fingerprint density at radius 2 is 1.92 bits per heavy atom. The van der Waals surface area contributed by atoms with Crippen LogP contribution in [0.1, 0.15) is 53.7 Å². The topological polar surface area (TPSA) is 118 Å². The van der Waals surface area contributed by atoms with Crippen LogP contribution in [0.3, 0.4) is 0 Å². The van der Waals surface area contributed by atoms with E-state index >= 15 is 4.39 Å². The van der Waals surface area contributed by atoms with E-state index in [1.807, 2.05) is 0 Å². The van der Waals surface area contributed by atoms with Crippen molar-refractivity contribution >= 4 is 22.8 Å². The summed E-state index contributed by atoms with van der Waals surface area (Å²) in [5, 5.41) is 5.56. The minimum Gasteiger partial charge on any atom is -0.492 e. The molecule has 0 saturated heterocycles. The fourth-order valence-corrected chi connectivity index (χ4v) is 5.13. The van der Waals surface area contributed by atoms with Crippen molar-refractivity contribution in [1.29, 1.82) is 0 Å². The molecule has 5 rings (SSSR count). The van der Waals surface area contributed by atoms with Gasteiger partial charge in [-0.25, -0.2) is 18.7 Å². The molecule has 0 bridgehead atoms. The fraction of sp³-hybridized carbons (Fsp3) is 0.500. The first-order valence-electron chi connectivity index (χ1n) is 13.3. The summed E-state index contributed by atoms with van der Waals surface area (Å²) in [4.78, 5) is 37.1. The quantitative estimate of drug-likeness (QED) is 0.378. The molecule has 2 fully saturated rings. The number of H-pyrrole nitrogens is 1. The van der Waals surface area contributed by atoms with Crippen molar-refractivity contribution in [3.63, 3.8) is 0 Å². The van der Waals surface area contributed by atoms with Crippen LogP contribution in [0.2, 0.25) is 0 Å². The third kappa shape index (κ3) is 5.73. The number of aryl methyl sites for hydroxylation is 2. The van der Waals surface area contributed by atoms with Crippen LogP contribution in [0.15, 0.2) is 18.5 Å². The molecule has 0 radical (unpaired) electrons. The average molecular weight is 542 g/mol. The SMILES string of the molecule is COCC(=O)N[C@H]1CC[C@H](NC(=O)c2c(C)[nH]c3c(-c4c(OCC5CC5)ccc(C)c4F)ncnc23)C[C@H]1F. The Hall–Kier alpha value is -3.60. The Kier molecular flexibility index (Phi) is 7.79. The highest BCUT2D eigenvalue weighted by Gasteiger charge is 2.33. The number of hydrogen-bond donors (Lipinski definition) is 3. The summed E-state index contributed by atoms with van der Waals surface area (Å²) < 4.78 is 41.1. The van der Waals surface area contributed by atoms with Gasteiger partial charge < -0.3 is 25.1 Å². The Labute approximate surface area is 225 Å². The number of carbonyl (C=O) groups is 2. The summed E-state index contributed by atoms with van der Waals surface area (Å²) in [6.07, 6.45) is 3.16. The van der Waals surface area contributed by atoms with Crippen molar-refractivity contribution in [3.8, 4) is 17.0 Å². The third-order valence-electron chi connectivity index (χ3n) is 7.43. The van der Waals surface area contributed by atoms with Gasteiger partial charge in [0, 0.05) is 25.3 Å². The van der Waals surface area contributed by atoms with Crippen LogP contribution in [-0.4, -0.2) is 65.3 Å². The third-order valence-corrected chi connectivity index (χ3v) is 7.43. The zero-order valence-electron chi connectivity index (χ0n) is 22.3. The number of fused-ring (bicyclic) bond motifs is 1. The minimum absolute atomic E-state index is 0.0709. The maximum atomic E-state index is 15.5. The zero-order chi connectivity index (χ0) is 27.7. The maximum Gasteiger partial charge on any atom is 0.255 e. The number of rotatable bonds is 9. The number of benzene rings is 1. The lowest BCUT2D eigenvalue weighted by atomic mass is 9.89. The summed E-state index contributed by atoms with van der Waals surface area (Å²) in [5.74, 6) is -0.339. The highest BCUT2D eigenvalue weighted by Crippen LogP contribution is 2.39. The molecule has 3 aromatic rings. The number of aromatic amines is 1. The van der Waals surface area contributed by atoms with Gasteiger partial charge in [-0.3, -0.25) is 9.59 Å². The maximum absolute atomic E-state index is 15.5.